The van der Waals surface area contributed by atoms with Gasteiger partial charge in [0.2, 0.25) is 11.8 Å². The van der Waals surface area contributed by atoms with E-state index in [9.17, 15) is 9.59 Å². The highest BCUT2D eigenvalue weighted by Crippen LogP contribution is 2.30. The molecule has 1 aliphatic rings. The highest BCUT2D eigenvalue weighted by atomic mass is 16.2. The van der Waals surface area contributed by atoms with E-state index < -0.39 is 0 Å². The Balaban J connectivity index is 2.09. The molecule has 0 saturated heterocycles. The van der Waals surface area contributed by atoms with E-state index in [0.29, 0.717) is 6.54 Å². The molecule has 1 aromatic carbocycles. The molecule has 1 unspecified atom stereocenters. The quantitative estimate of drug-likeness (QED) is 0.805. The van der Waals surface area contributed by atoms with Gasteiger partial charge in [-0.05, 0) is 25.5 Å². The summed E-state index contributed by atoms with van der Waals surface area (Å²) in [5.41, 5.74) is 1.65. The van der Waals surface area contributed by atoms with Crippen LogP contribution < -0.4 is 15.5 Å². The van der Waals surface area contributed by atoms with Crippen LogP contribution >= 0.6 is 0 Å². The number of carbonyl (C=O) groups is 2. The lowest BCUT2D eigenvalue weighted by Gasteiger charge is -2.33. The van der Waals surface area contributed by atoms with Gasteiger partial charge in [0.25, 0.3) is 0 Å². The van der Waals surface area contributed by atoms with E-state index in [1.54, 1.807) is 11.8 Å². The third kappa shape index (κ3) is 3.10. The summed E-state index contributed by atoms with van der Waals surface area (Å²) in [6, 6.07) is 7.24. The molecule has 0 radical (unpaired) electrons. The third-order valence-corrected chi connectivity index (χ3v) is 3.36. The summed E-state index contributed by atoms with van der Waals surface area (Å²) in [7, 11) is 0. The van der Waals surface area contributed by atoms with Crippen LogP contribution in [0.1, 0.15) is 26.7 Å². The van der Waals surface area contributed by atoms with Crippen LogP contribution in [0.25, 0.3) is 0 Å². The normalized spacial score (nSPS) is 17.4. The Morgan fingerprint density at radius 3 is 2.90 bits per heavy atom. The average molecular weight is 275 g/mol. The van der Waals surface area contributed by atoms with Crippen molar-refractivity contribution in [3.8, 4) is 0 Å². The number of amides is 2. The van der Waals surface area contributed by atoms with Crippen molar-refractivity contribution in [1.82, 2.24) is 5.32 Å². The molecule has 108 valence electrons. The van der Waals surface area contributed by atoms with Gasteiger partial charge in [0, 0.05) is 6.54 Å². The fraction of sp³-hybridized carbons (Fsp3) is 0.467. The predicted molar refractivity (Wildman–Crippen MR) is 79.8 cm³/mol. The van der Waals surface area contributed by atoms with Crippen LogP contribution in [-0.4, -0.2) is 30.9 Å². The second-order valence-corrected chi connectivity index (χ2v) is 5.01. The molecule has 2 N–H and O–H groups in total. The summed E-state index contributed by atoms with van der Waals surface area (Å²) in [6.07, 6.45) is 1.99. The van der Waals surface area contributed by atoms with Crippen LogP contribution in [0.15, 0.2) is 24.3 Å². The Hall–Kier alpha value is -2.04. The zero-order valence-corrected chi connectivity index (χ0v) is 12.0. The molecule has 0 fully saturated rings. The molecule has 5 heteroatoms. The molecule has 1 heterocycles. The van der Waals surface area contributed by atoms with Crippen LogP contribution in [0, 0.1) is 0 Å². The van der Waals surface area contributed by atoms with Gasteiger partial charge in [-0.2, -0.15) is 0 Å². The maximum Gasteiger partial charge on any atom is 0.249 e. The molecular formula is C15H21N3O2. The number of nitrogens with zero attached hydrogens (tertiary/aromatic N) is 1. The summed E-state index contributed by atoms with van der Waals surface area (Å²) in [5.74, 6) is -0.190. The molecule has 2 rings (SSSR count). The van der Waals surface area contributed by atoms with Gasteiger partial charge in [0.15, 0.2) is 0 Å². The van der Waals surface area contributed by atoms with E-state index >= 15 is 0 Å². The molecule has 1 aliphatic heterocycles. The fourth-order valence-electron chi connectivity index (χ4n) is 2.25. The molecular weight excluding hydrogens is 254 g/mol. The molecule has 0 bridgehead atoms. The molecule has 2 amide bonds. The number of anilines is 2. The lowest BCUT2D eigenvalue weighted by atomic mass is 10.1. The molecule has 0 spiro atoms. The van der Waals surface area contributed by atoms with Gasteiger partial charge >= 0.3 is 0 Å². The van der Waals surface area contributed by atoms with Gasteiger partial charge in [-0.3, -0.25) is 14.5 Å². The number of fused-ring (bicyclic) bond motifs is 1. The van der Waals surface area contributed by atoms with E-state index in [-0.39, 0.29) is 24.4 Å². The summed E-state index contributed by atoms with van der Waals surface area (Å²) >= 11 is 0. The zero-order chi connectivity index (χ0) is 14.5. The maximum atomic E-state index is 12.2. The maximum absolute atomic E-state index is 12.2. The van der Waals surface area contributed by atoms with Crippen LogP contribution in [0.3, 0.4) is 0 Å². The highest BCUT2D eigenvalue weighted by Gasteiger charge is 2.30. The number of para-hydroxylation sites is 2. The largest absolute Gasteiger partial charge is 0.372 e. The predicted octanol–water partition coefficient (Wildman–Crippen LogP) is 1.75. The van der Waals surface area contributed by atoms with Crippen molar-refractivity contribution in [2.45, 2.75) is 32.7 Å². The minimum Gasteiger partial charge on any atom is -0.372 e. The SMILES string of the molecule is CCCCNC(=O)CN1C(=O)C(C)Nc2ccccc21. The van der Waals surface area contributed by atoms with Crippen LogP contribution in [0.4, 0.5) is 11.4 Å². The number of hydrogen-bond donors (Lipinski definition) is 2. The van der Waals surface area contributed by atoms with Crippen molar-refractivity contribution in [3.63, 3.8) is 0 Å². The van der Waals surface area contributed by atoms with Crippen LogP contribution in [0.2, 0.25) is 0 Å². The van der Waals surface area contributed by atoms with Gasteiger partial charge in [-0.15, -0.1) is 0 Å². The second-order valence-electron chi connectivity index (χ2n) is 5.01. The number of benzene rings is 1. The topological polar surface area (TPSA) is 61.4 Å². The Bertz CT molecular complexity index is 502. The van der Waals surface area contributed by atoms with Crippen LogP contribution in [0.5, 0.6) is 0 Å². The Morgan fingerprint density at radius 1 is 1.40 bits per heavy atom. The lowest BCUT2D eigenvalue weighted by molar-refractivity contribution is -0.124. The van der Waals surface area contributed by atoms with E-state index in [2.05, 4.69) is 17.6 Å². The van der Waals surface area contributed by atoms with Crippen molar-refractivity contribution >= 4 is 23.2 Å². The fourth-order valence-corrected chi connectivity index (χ4v) is 2.25. The summed E-state index contributed by atoms with van der Waals surface area (Å²) in [5, 5.41) is 5.99. The molecule has 5 nitrogen and oxygen atoms in total. The smallest absolute Gasteiger partial charge is 0.249 e. The molecule has 0 saturated carbocycles. The standard InChI is InChI=1S/C15H21N3O2/c1-3-4-9-16-14(19)10-18-13-8-6-5-7-12(13)17-11(2)15(18)20/h5-8,11,17H,3-4,9-10H2,1-2H3,(H,16,19). The minimum absolute atomic E-state index is 0.0747. The first-order valence-electron chi connectivity index (χ1n) is 7.07. The number of unbranched alkanes of at least 4 members (excludes halogenated alkanes) is 1. The van der Waals surface area contributed by atoms with Gasteiger partial charge in [-0.1, -0.05) is 25.5 Å². The highest BCUT2D eigenvalue weighted by molar-refractivity contribution is 6.07. The monoisotopic (exact) mass is 275 g/mol. The summed E-state index contributed by atoms with van der Waals surface area (Å²) < 4.78 is 0. The third-order valence-electron chi connectivity index (χ3n) is 3.36. The Morgan fingerprint density at radius 2 is 2.15 bits per heavy atom. The second kappa shape index (κ2) is 6.41. The average Bonchev–Trinajstić information content (AvgIpc) is 2.44. The van der Waals surface area contributed by atoms with Gasteiger partial charge in [-0.25, -0.2) is 0 Å². The molecule has 0 aliphatic carbocycles. The molecule has 20 heavy (non-hydrogen) atoms. The first-order valence-corrected chi connectivity index (χ1v) is 7.07. The molecule has 1 aromatic rings. The first-order chi connectivity index (χ1) is 9.63. The van der Waals surface area contributed by atoms with Crippen molar-refractivity contribution in [3.05, 3.63) is 24.3 Å². The van der Waals surface area contributed by atoms with Gasteiger partial charge in [0.1, 0.15) is 12.6 Å². The number of nitrogens with one attached hydrogen (secondary N) is 2. The Kier molecular flexibility index (Phi) is 4.61. The number of hydrogen-bond acceptors (Lipinski definition) is 3. The minimum atomic E-state index is -0.312. The van der Waals surface area contributed by atoms with Gasteiger partial charge < -0.3 is 10.6 Å². The van der Waals surface area contributed by atoms with E-state index in [1.807, 2.05) is 24.3 Å². The Labute approximate surface area is 119 Å². The van der Waals surface area contributed by atoms with Crippen LogP contribution in [-0.2, 0) is 9.59 Å². The van der Waals surface area contributed by atoms with Gasteiger partial charge in [0.05, 0.1) is 11.4 Å². The number of carbonyl (C=O) groups excluding carboxylic acids is 2. The van der Waals surface area contributed by atoms with Crippen molar-refractivity contribution in [2.24, 2.45) is 0 Å². The summed E-state index contributed by atoms with van der Waals surface area (Å²) in [4.78, 5) is 25.7. The first kappa shape index (κ1) is 14.4. The lowest BCUT2D eigenvalue weighted by Crippen LogP contribution is -2.49. The van der Waals surface area contributed by atoms with E-state index in [0.717, 1.165) is 24.2 Å². The van der Waals surface area contributed by atoms with Crippen molar-refractivity contribution in [1.29, 1.82) is 0 Å². The zero-order valence-electron chi connectivity index (χ0n) is 12.0. The summed E-state index contributed by atoms with van der Waals surface area (Å²) in [6.45, 7) is 4.61. The van der Waals surface area contributed by atoms with E-state index in [1.165, 1.54) is 0 Å². The molecule has 0 aromatic heterocycles. The van der Waals surface area contributed by atoms with Crippen molar-refractivity contribution in [2.75, 3.05) is 23.3 Å². The molecule has 1 atom stereocenters. The van der Waals surface area contributed by atoms with E-state index in [4.69, 9.17) is 0 Å². The van der Waals surface area contributed by atoms with Crippen molar-refractivity contribution < 1.29 is 9.59 Å². The number of rotatable bonds is 5.